The largest absolute Gasteiger partial charge is 0.283 e. The van der Waals surface area contributed by atoms with E-state index in [4.69, 9.17) is 23.2 Å². The smallest absolute Gasteiger partial charge is 0.199 e. The van der Waals surface area contributed by atoms with Crippen molar-refractivity contribution in [1.82, 2.24) is 9.19 Å². The van der Waals surface area contributed by atoms with Crippen molar-refractivity contribution in [2.24, 2.45) is 0 Å². The fraction of sp³-hybridized carbons (Fsp3) is 0.0455. The summed E-state index contributed by atoms with van der Waals surface area (Å²) in [6.07, 6.45) is 1.56. The van der Waals surface area contributed by atoms with Crippen molar-refractivity contribution in [3.63, 3.8) is 0 Å². The van der Waals surface area contributed by atoms with Crippen molar-refractivity contribution in [1.29, 1.82) is 0 Å². The van der Waals surface area contributed by atoms with Crippen LogP contribution in [-0.2, 0) is 10.0 Å². The molecule has 4 rings (SSSR count). The molecule has 1 heterocycles. The zero-order valence-corrected chi connectivity index (χ0v) is 18.9. The molecule has 0 spiro atoms. The third-order valence-corrected chi connectivity index (χ3v) is 7.54. The topological polar surface area (TPSA) is 52.0 Å². The Hall–Kier alpha value is -2.25. The summed E-state index contributed by atoms with van der Waals surface area (Å²) in [5.74, 6) is 0. The van der Waals surface area contributed by atoms with Gasteiger partial charge in [0.05, 0.1) is 16.0 Å². The van der Waals surface area contributed by atoms with Crippen molar-refractivity contribution < 1.29 is 8.42 Å². The molecule has 0 bridgehead atoms. The van der Waals surface area contributed by atoms with E-state index in [2.05, 4.69) is 5.10 Å². The van der Waals surface area contributed by atoms with Crippen molar-refractivity contribution in [3.05, 3.63) is 94.6 Å². The Labute approximate surface area is 189 Å². The summed E-state index contributed by atoms with van der Waals surface area (Å²) in [6.45, 7) is 1.91. The zero-order valence-electron chi connectivity index (χ0n) is 15.8. The number of nitrogens with zero attached hydrogens (tertiary/aromatic N) is 2. The highest BCUT2D eigenvalue weighted by molar-refractivity contribution is 7.99. The first kappa shape index (κ1) is 21.0. The molecule has 1 aromatic heterocycles. The molecule has 0 aliphatic rings. The lowest BCUT2D eigenvalue weighted by Crippen LogP contribution is -2.15. The number of hydrogen-bond donors (Lipinski definition) is 0. The van der Waals surface area contributed by atoms with Crippen LogP contribution in [0.15, 0.2) is 93.7 Å². The minimum absolute atomic E-state index is 0.175. The van der Waals surface area contributed by atoms with Gasteiger partial charge in [-0.15, -0.1) is 0 Å². The molecular formula is C22H16Cl2N2O2S2. The average Bonchev–Trinajstić information content (AvgIpc) is 3.15. The monoisotopic (exact) mass is 474 g/mol. The van der Waals surface area contributed by atoms with E-state index in [1.54, 1.807) is 66.9 Å². The van der Waals surface area contributed by atoms with E-state index in [0.29, 0.717) is 26.2 Å². The van der Waals surface area contributed by atoms with E-state index in [1.807, 2.05) is 19.1 Å². The van der Waals surface area contributed by atoms with Gasteiger partial charge in [-0.2, -0.15) is 17.6 Å². The second kappa shape index (κ2) is 8.47. The molecule has 0 atom stereocenters. The molecule has 3 aromatic carbocycles. The van der Waals surface area contributed by atoms with Gasteiger partial charge in [-0.05, 0) is 55.5 Å². The molecule has 0 saturated heterocycles. The van der Waals surface area contributed by atoms with Gasteiger partial charge in [0.2, 0.25) is 0 Å². The number of rotatable bonds is 5. The van der Waals surface area contributed by atoms with Crippen LogP contribution < -0.4 is 0 Å². The minimum atomic E-state index is -3.88. The van der Waals surface area contributed by atoms with Crippen LogP contribution in [0.25, 0.3) is 11.3 Å². The Morgan fingerprint density at radius 2 is 1.40 bits per heavy atom. The van der Waals surface area contributed by atoms with Crippen molar-refractivity contribution >= 4 is 45.0 Å². The Morgan fingerprint density at radius 1 is 0.833 bits per heavy atom. The number of benzene rings is 3. The average molecular weight is 475 g/mol. The van der Waals surface area contributed by atoms with Crippen LogP contribution in [0, 0.1) is 6.92 Å². The van der Waals surface area contributed by atoms with Crippen LogP contribution in [-0.4, -0.2) is 17.6 Å². The number of aromatic nitrogens is 2. The van der Waals surface area contributed by atoms with Gasteiger partial charge in [0.1, 0.15) is 5.69 Å². The summed E-state index contributed by atoms with van der Waals surface area (Å²) in [5, 5.41) is 5.45. The molecule has 0 radical (unpaired) electrons. The summed E-state index contributed by atoms with van der Waals surface area (Å²) in [5.41, 5.74) is 2.16. The predicted octanol–water partition coefficient (Wildman–Crippen LogP) is 6.55. The third-order valence-electron chi connectivity index (χ3n) is 4.41. The molecular weight excluding hydrogens is 459 g/mol. The number of aryl methyl sites for hydroxylation is 1. The van der Waals surface area contributed by atoms with Gasteiger partial charge in [-0.1, -0.05) is 64.8 Å². The lowest BCUT2D eigenvalue weighted by Gasteiger charge is -2.11. The second-order valence-corrected chi connectivity index (χ2v) is 10.3. The maximum atomic E-state index is 13.4. The van der Waals surface area contributed by atoms with Crippen LogP contribution in [0.1, 0.15) is 5.56 Å². The van der Waals surface area contributed by atoms with Crippen LogP contribution >= 0.6 is 35.0 Å². The molecule has 0 N–H and O–H groups in total. The molecule has 0 aliphatic carbocycles. The van der Waals surface area contributed by atoms with Gasteiger partial charge in [0, 0.05) is 20.5 Å². The van der Waals surface area contributed by atoms with E-state index in [0.717, 1.165) is 14.5 Å². The number of hydrogen-bond acceptors (Lipinski definition) is 4. The quantitative estimate of drug-likeness (QED) is 0.328. The van der Waals surface area contributed by atoms with E-state index >= 15 is 0 Å². The van der Waals surface area contributed by atoms with Gasteiger partial charge in [-0.25, -0.2) is 0 Å². The molecule has 0 unspecified atom stereocenters. The van der Waals surface area contributed by atoms with Gasteiger partial charge < -0.3 is 0 Å². The molecule has 30 heavy (non-hydrogen) atoms. The maximum Gasteiger partial charge on any atom is 0.283 e. The van der Waals surface area contributed by atoms with Crippen molar-refractivity contribution in [3.8, 4) is 11.3 Å². The standard InChI is InChI=1S/C22H16Cl2N2O2S2/c1-15-2-12-20(13-3-15)30(27,28)26-22(16-4-6-17(23)7-5-16)21(14-25-26)29-19-10-8-18(24)9-11-19/h2-14H,1H3. The van der Waals surface area contributed by atoms with E-state index in [-0.39, 0.29) is 4.90 Å². The lowest BCUT2D eigenvalue weighted by atomic mass is 10.2. The highest BCUT2D eigenvalue weighted by Gasteiger charge is 2.25. The first-order chi connectivity index (χ1) is 14.3. The van der Waals surface area contributed by atoms with Gasteiger partial charge in [0.25, 0.3) is 10.0 Å². The molecule has 4 aromatic rings. The fourth-order valence-electron chi connectivity index (χ4n) is 2.88. The van der Waals surface area contributed by atoms with E-state index < -0.39 is 10.0 Å². The summed E-state index contributed by atoms with van der Waals surface area (Å²) in [7, 11) is -3.88. The fourth-order valence-corrected chi connectivity index (χ4v) is 5.41. The third kappa shape index (κ3) is 4.27. The van der Waals surface area contributed by atoms with Crippen LogP contribution in [0.2, 0.25) is 10.0 Å². The summed E-state index contributed by atoms with van der Waals surface area (Å²) in [4.78, 5) is 1.80. The Bertz CT molecular complexity index is 1280. The van der Waals surface area contributed by atoms with E-state index in [9.17, 15) is 8.42 Å². The predicted molar refractivity (Wildman–Crippen MR) is 122 cm³/mol. The highest BCUT2D eigenvalue weighted by Crippen LogP contribution is 2.38. The van der Waals surface area contributed by atoms with Gasteiger partial charge in [0.15, 0.2) is 0 Å². The molecule has 0 aliphatic heterocycles. The first-order valence-electron chi connectivity index (χ1n) is 8.94. The van der Waals surface area contributed by atoms with Crippen LogP contribution in [0.5, 0.6) is 0 Å². The summed E-state index contributed by atoms with van der Waals surface area (Å²) in [6, 6.07) is 21.1. The molecule has 0 fully saturated rings. The van der Waals surface area contributed by atoms with Gasteiger partial charge in [-0.3, -0.25) is 0 Å². The molecule has 8 heteroatoms. The normalized spacial score (nSPS) is 11.6. The summed E-state index contributed by atoms with van der Waals surface area (Å²) >= 11 is 13.4. The summed E-state index contributed by atoms with van der Waals surface area (Å²) < 4.78 is 27.8. The van der Waals surface area contributed by atoms with Crippen molar-refractivity contribution in [2.75, 3.05) is 0 Å². The Kier molecular flexibility index (Phi) is 5.93. The number of halogens is 2. The van der Waals surface area contributed by atoms with Crippen molar-refractivity contribution in [2.45, 2.75) is 21.6 Å². The maximum absolute atomic E-state index is 13.4. The minimum Gasteiger partial charge on any atom is -0.199 e. The molecule has 0 amide bonds. The Balaban J connectivity index is 1.86. The highest BCUT2D eigenvalue weighted by atomic mass is 35.5. The SMILES string of the molecule is Cc1ccc(S(=O)(=O)n2ncc(Sc3ccc(Cl)cc3)c2-c2ccc(Cl)cc2)cc1. The molecule has 152 valence electrons. The first-order valence-corrected chi connectivity index (χ1v) is 12.0. The van der Waals surface area contributed by atoms with E-state index in [1.165, 1.54) is 11.8 Å². The molecule has 4 nitrogen and oxygen atoms in total. The zero-order chi connectivity index (χ0) is 21.3. The van der Waals surface area contributed by atoms with Crippen LogP contribution in [0.3, 0.4) is 0 Å². The molecule has 0 saturated carbocycles. The van der Waals surface area contributed by atoms with Gasteiger partial charge >= 0.3 is 0 Å². The van der Waals surface area contributed by atoms with Crippen LogP contribution in [0.4, 0.5) is 0 Å². The lowest BCUT2D eigenvalue weighted by molar-refractivity contribution is 0.581. The second-order valence-electron chi connectivity index (χ2n) is 6.58. The Morgan fingerprint density at radius 3 is 2.00 bits per heavy atom.